The maximum atomic E-state index is 12.1. The Labute approximate surface area is 140 Å². The van der Waals surface area contributed by atoms with Gasteiger partial charge < -0.3 is 10.6 Å². The second-order valence-electron chi connectivity index (χ2n) is 5.15. The smallest absolute Gasteiger partial charge is 0.254 e. The summed E-state index contributed by atoms with van der Waals surface area (Å²) in [4.78, 5) is 24.5. The van der Waals surface area contributed by atoms with E-state index in [2.05, 4.69) is 25.6 Å². The molecule has 0 atom stereocenters. The molecule has 2 N–H and O–H groups in total. The lowest BCUT2D eigenvalue weighted by atomic mass is 10.2. The molecule has 3 aromatic rings. The van der Waals surface area contributed by atoms with Crippen LogP contribution in [0.25, 0.3) is 0 Å². The topological polar surface area (TPSA) is 79.8 Å². The maximum Gasteiger partial charge on any atom is 0.254 e. The number of benzene rings is 1. The van der Waals surface area contributed by atoms with Crippen molar-refractivity contribution in [1.82, 2.24) is 20.3 Å². The van der Waals surface area contributed by atoms with E-state index < -0.39 is 0 Å². The Bertz CT molecular complexity index is 776. The van der Waals surface area contributed by atoms with Crippen molar-refractivity contribution >= 4 is 17.5 Å². The Morgan fingerprint density at radius 3 is 2.46 bits per heavy atom. The number of carbonyl (C=O) groups excluding carboxylic acids is 1. The highest BCUT2D eigenvalue weighted by molar-refractivity contribution is 5.93. The number of hydrogen-bond donors (Lipinski definition) is 2. The molecule has 0 aliphatic carbocycles. The van der Waals surface area contributed by atoms with Crippen LogP contribution in [0, 0.1) is 0 Å². The molecule has 2 aromatic heterocycles. The predicted molar refractivity (Wildman–Crippen MR) is 92.0 cm³/mol. The Hall–Kier alpha value is -3.28. The predicted octanol–water partition coefficient (Wildman–Crippen LogP) is 2.59. The molecular formula is C18H17N5O. The number of hydrogen-bond acceptors (Lipinski definition) is 5. The number of amides is 1. The fraction of sp³-hybridized carbons (Fsp3) is 0.111. The van der Waals surface area contributed by atoms with Crippen molar-refractivity contribution in [1.29, 1.82) is 0 Å². The summed E-state index contributed by atoms with van der Waals surface area (Å²) in [5.41, 5.74) is 2.41. The van der Waals surface area contributed by atoms with Crippen LogP contribution in [0.4, 0.5) is 11.6 Å². The van der Waals surface area contributed by atoms with Gasteiger partial charge in [-0.2, -0.15) is 0 Å². The van der Waals surface area contributed by atoms with E-state index in [9.17, 15) is 4.79 Å². The first kappa shape index (κ1) is 15.6. The monoisotopic (exact) mass is 319 g/mol. The van der Waals surface area contributed by atoms with Crippen molar-refractivity contribution in [2.75, 3.05) is 11.9 Å². The Morgan fingerprint density at radius 2 is 1.75 bits per heavy atom. The molecule has 0 unspecified atom stereocenters. The SMILES string of the molecule is O=C(NCCc1cccnc1)c1cnc(Nc2ccccc2)nc1. The lowest BCUT2D eigenvalue weighted by molar-refractivity contribution is 0.0953. The molecule has 2 heterocycles. The zero-order valence-electron chi connectivity index (χ0n) is 13.0. The van der Waals surface area contributed by atoms with Crippen molar-refractivity contribution in [3.05, 3.63) is 78.4 Å². The lowest BCUT2D eigenvalue weighted by Gasteiger charge is -2.06. The molecule has 120 valence electrons. The highest BCUT2D eigenvalue weighted by Crippen LogP contribution is 2.11. The number of aromatic nitrogens is 3. The number of anilines is 2. The molecule has 0 saturated carbocycles. The molecule has 6 nitrogen and oxygen atoms in total. The summed E-state index contributed by atoms with van der Waals surface area (Å²) in [6.07, 6.45) is 7.27. The third kappa shape index (κ3) is 4.36. The number of rotatable bonds is 6. The van der Waals surface area contributed by atoms with Gasteiger partial charge in [0, 0.05) is 37.0 Å². The number of nitrogens with one attached hydrogen (secondary N) is 2. The van der Waals surface area contributed by atoms with E-state index in [1.54, 1.807) is 12.4 Å². The third-order valence-corrected chi connectivity index (χ3v) is 3.37. The zero-order valence-corrected chi connectivity index (χ0v) is 13.0. The van der Waals surface area contributed by atoms with Crippen LogP contribution in [-0.2, 0) is 6.42 Å². The maximum absolute atomic E-state index is 12.1. The first-order valence-electron chi connectivity index (χ1n) is 7.62. The Balaban J connectivity index is 1.52. The highest BCUT2D eigenvalue weighted by atomic mass is 16.1. The minimum absolute atomic E-state index is 0.190. The average Bonchev–Trinajstić information content (AvgIpc) is 2.64. The fourth-order valence-corrected chi connectivity index (χ4v) is 2.13. The molecule has 0 spiro atoms. The molecule has 0 bridgehead atoms. The first-order valence-corrected chi connectivity index (χ1v) is 7.62. The van der Waals surface area contributed by atoms with Crippen LogP contribution in [0.5, 0.6) is 0 Å². The fourth-order valence-electron chi connectivity index (χ4n) is 2.13. The number of pyridine rings is 1. The summed E-state index contributed by atoms with van der Waals surface area (Å²) in [5, 5.41) is 5.92. The van der Waals surface area contributed by atoms with Gasteiger partial charge in [-0.3, -0.25) is 9.78 Å². The van der Waals surface area contributed by atoms with Crippen LogP contribution in [0.2, 0.25) is 0 Å². The van der Waals surface area contributed by atoms with E-state index >= 15 is 0 Å². The number of para-hydroxylation sites is 1. The zero-order chi connectivity index (χ0) is 16.6. The van der Waals surface area contributed by atoms with Gasteiger partial charge in [0.05, 0.1) is 5.56 Å². The van der Waals surface area contributed by atoms with Crippen molar-refractivity contribution in [2.24, 2.45) is 0 Å². The minimum atomic E-state index is -0.190. The molecule has 0 saturated heterocycles. The van der Waals surface area contributed by atoms with E-state index in [0.29, 0.717) is 18.1 Å². The molecule has 6 heteroatoms. The van der Waals surface area contributed by atoms with Gasteiger partial charge >= 0.3 is 0 Å². The summed E-state index contributed by atoms with van der Waals surface area (Å²) < 4.78 is 0. The first-order chi connectivity index (χ1) is 11.8. The molecule has 0 radical (unpaired) electrons. The lowest BCUT2D eigenvalue weighted by Crippen LogP contribution is -2.26. The van der Waals surface area contributed by atoms with Gasteiger partial charge in [0.2, 0.25) is 5.95 Å². The van der Waals surface area contributed by atoms with Crippen LogP contribution < -0.4 is 10.6 Å². The molecule has 0 aliphatic rings. The standard InChI is InChI=1S/C18H17N5O/c24-17(20-10-8-14-5-4-9-19-11-14)15-12-21-18(22-13-15)23-16-6-2-1-3-7-16/h1-7,9,11-13H,8,10H2,(H,20,24)(H,21,22,23). The van der Waals surface area contributed by atoms with Gasteiger partial charge in [0.15, 0.2) is 0 Å². The summed E-state index contributed by atoms with van der Waals surface area (Å²) in [6, 6.07) is 13.5. The number of carbonyl (C=O) groups is 1. The van der Waals surface area contributed by atoms with Crippen LogP contribution in [0.15, 0.2) is 67.3 Å². The van der Waals surface area contributed by atoms with E-state index in [1.165, 1.54) is 12.4 Å². The Morgan fingerprint density at radius 1 is 0.958 bits per heavy atom. The van der Waals surface area contributed by atoms with Crippen LogP contribution in [-0.4, -0.2) is 27.4 Å². The minimum Gasteiger partial charge on any atom is -0.352 e. The largest absolute Gasteiger partial charge is 0.352 e. The van der Waals surface area contributed by atoms with Crippen molar-refractivity contribution in [2.45, 2.75) is 6.42 Å². The van der Waals surface area contributed by atoms with Gasteiger partial charge in [0.1, 0.15) is 0 Å². The van der Waals surface area contributed by atoms with Crippen molar-refractivity contribution in [3.8, 4) is 0 Å². The second-order valence-corrected chi connectivity index (χ2v) is 5.15. The van der Waals surface area contributed by atoms with Gasteiger partial charge in [-0.25, -0.2) is 9.97 Å². The average molecular weight is 319 g/mol. The second kappa shape index (κ2) is 7.82. The molecule has 24 heavy (non-hydrogen) atoms. The van der Waals surface area contributed by atoms with E-state index in [1.807, 2.05) is 42.5 Å². The molecular weight excluding hydrogens is 302 g/mol. The van der Waals surface area contributed by atoms with Crippen molar-refractivity contribution < 1.29 is 4.79 Å². The van der Waals surface area contributed by atoms with Crippen LogP contribution >= 0.6 is 0 Å². The Kier molecular flexibility index (Phi) is 5.09. The summed E-state index contributed by atoms with van der Waals surface area (Å²) in [7, 11) is 0. The normalized spacial score (nSPS) is 10.2. The van der Waals surface area contributed by atoms with Gasteiger partial charge in [-0.15, -0.1) is 0 Å². The molecule has 0 fully saturated rings. The molecule has 3 rings (SSSR count). The van der Waals surface area contributed by atoms with E-state index in [0.717, 1.165) is 17.7 Å². The molecule has 0 aliphatic heterocycles. The summed E-state index contributed by atoms with van der Waals surface area (Å²) >= 11 is 0. The molecule has 1 amide bonds. The van der Waals surface area contributed by atoms with Gasteiger partial charge in [0.25, 0.3) is 5.91 Å². The summed E-state index contributed by atoms with van der Waals surface area (Å²) in [6.45, 7) is 0.536. The van der Waals surface area contributed by atoms with Crippen LogP contribution in [0.3, 0.4) is 0 Å². The van der Waals surface area contributed by atoms with Crippen molar-refractivity contribution in [3.63, 3.8) is 0 Å². The highest BCUT2D eigenvalue weighted by Gasteiger charge is 2.07. The van der Waals surface area contributed by atoms with E-state index in [4.69, 9.17) is 0 Å². The van der Waals surface area contributed by atoms with Crippen LogP contribution in [0.1, 0.15) is 15.9 Å². The molecule has 1 aromatic carbocycles. The van der Waals surface area contributed by atoms with Gasteiger partial charge in [-0.1, -0.05) is 24.3 Å². The quantitative estimate of drug-likeness (QED) is 0.730. The number of nitrogens with zero attached hydrogens (tertiary/aromatic N) is 3. The van der Waals surface area contributed by atoms with Gasteiger partial charge in [-0.05, 0) is 30.2 Å². The third-order valence-electron chi connectivity index (χ3n) is 3.37. The summed E-state index contributed by atoms with van der Waals surface area (Å²) in [5.74, 6) is 0.262. The van der Waals surface area contributed by atoms with E-state index in [-0.39, 0.29) is 5.91 Å².